The zero-order valence-corrected chi connectivity index (χ0v) is 13.3. The SMILES string of the molecule is S=P(Oc1ccccc1)(SCl)Sc1ccccc1. The summed E-state index contributed by atoms with van der Waals surface area (Å²) in [7, 11) is 7.03. The predicted octanol–water partition coefficient (Wildman–Crippen LogP) is 5.97. The van der Waals surface area contributed by atoms with E-state index in [0.29, 0.717) is 0 Å². The molecule has 18 heavy (non-hydrogen) atoms. The van der Waals surface area contributed by atoms with Gasteiger partial charge in [-0.2, -0.15) is 0 Å². The van der Waals surface area contributed by atoms with Crippen LogP contribution in [-0.4, -0.2) is 0 Å². The van der Waals surface area contributed by atoms with Crippen molar-refractivity contribution in [3.63, 3.8) is 0 Å². The highest BCUT2D eigenvalue weighted by atomic mass is 35.7. The summed E-state index contributed by atoms with van der Waals surface area (Å²) in [4.78, 5) is 1.07. The Labute approximate surface area is 124 Å². The molecule has 0 radical (unpaired) electrons. The van der Waals surface area contributed by atoms with E-state index in [1.807, 2.05) is 60.7 Å². The van der Waals surface area contributed by atoms with Crippen LogP contribution in [0.15, 0.2) is 65.6 Å². The van der Waals surface area contributed by atoms with Crippen molar-refractivity contribution in [2.75, 3.05) is 0 Å². The van der Waals surface area contributed by atoms with Gasteiger partial charge in [0.2, 0.25) is 4.67 Å². The Kier molecular flexibility index (Phi) is 5.46. The molecule has 2 rings (SSSR count). The van der Waals surface area contributed by atoms with Gasteiger partial charge >= 0.3 is 0 Å². The second kappa shape index (κ2) is 6.88. The summed E-state index contributed by atoms with van der Waals surface area (Å²) in [5, 5.41) is 0. The molecule has 0 aliphatic rings. The second-order valence-electron chi connectivity index (χ2n) is 3.32. The maximum Gasteiger partial charge on any atom is 0.241 e. The maximum atomic E-state index is 5.92. The van der Waals surface area contributed by atoms with E-state index in [4.69, 9.17) is 27.0 Å². The molecule has 0 aliphatic carbocycles. The van der Waals surface area contributed by atoms with Crippen molar-refractivity contribution in [3.8, 4) is 5.75 Å². The summed E-state index contributed by atoms with van der Waals surface area (Å²) in [6.45, 7) is 0. The zero-order valence-electron chi connectivity index (χ0n) is 9.23. The number of hydrogen-bond donors (Lipinski definition) is 0. The minimum absolute atomic E-state index is 0.761. The largest absolute Gasteiger partial charge is 0.447 e. The molecule has 0 fully saturated rings. The molecule has 1 nitrogen and oxygen atoms in total. The molecule has 0 amide bonds. The monoisotopic (exact) mass is 332 g/mol. The number of rotatable bonds is 5. The topological polar surface area (TPSA) is 9.23 Å². The van der Waals surface area contributed by atoms with Gasteiger partial charge in [-0.25, -0.2) is 0 Å². The summed E-state index contributed by atoms with van der Waals surface area (Å²) in [6, 6.07) is 19.5. The fourth-order valence-electron chi connectivity index (χ4n) is 1.27. The minimum atomic E-state index is -2.21. The third-order valence-corrected chi connectivity index (χ3v) is 11.7. The van der Waals surface area contributed by atoms with Crippen LogP contribution >= 0.6 is 37.3 Å². The van der Waals surface area contributed by atoms with Crippen molar-refractivity contribution in [1.82, 2.24) is 0 Å². The standard InChI is InChI=1S/C12H10ClOPS3/c13-18-15(16,14-11-7-3-1-4-8-11)17-12-9-5-2-6-10-12/h1-10H. The molecule has 6 heteroatoms. The van der Waals surface area contributed by atoms with Crippen LogP contribution in [0.3, 0.4) is 0 Å². The van der Waals surface area contributed by atoms with E-state index in [9.17, 15) is 0 Å². The summed E-state index contributed by atoms with van der Waals surface area (Å²) in [5.74, 6) is 0.761. The number of benzene rings is 2. The van der Waals surface area contributed by atoms with Gasteiger partial charge in [-0.1, -0.05) is 36.4 Å². The first-order valence-electron chi connectivity index (χ1n) is 5.11. The fraction of sp³-hybridized carbons (Fsp3) is 0. The Balaban J connectivity index is 2.14. The van der Waals surface area contributed by atoms with Gasteiger partial charge in [0.05, 0.1) is 0 Å². The lowest BCUT2D eigenvalue weighted by molar-refractivity contribution is 0.638. The van der Waals surface area contributed by atoms with Crippen LogP contribution in [0.4, 0.5) is 0 Å². The van der Waals surface area contributed by atoms with Crippen LogP contribution in [0.1, 0.15) is 0 Å². The van der Waals surface area contributed by atoms with E-state index in [0.717, 1.165) is 21.2 Å². The molecular weight excluding hydrogens is 323 g/mol. The first-order chi connectivity index (χ1) is 8.72. The third kappa shape index (κ3) is 4.22. The van der Waals surface area contributed by atoms with Crippen molar-refractivity contribution in [1.29, 1.82) is 0 Å². The van der Waals surface area contributed by atoms with Gasteiger partial charge in [0.1, 0.15) is 5.75 Å². The van der Waals surface area contributed by atoms with Gasteiger partial charge in [-0.05, 0) is 58.1 Å². The van der Waals surface area contributed by atoms with Gasteiger partial charge in [0, 0.05) is 15.5 Å². The fourth-order valence-corrected chi connectivity index (χ4v) is 7.29. The van der Waals surface area contributed by atoms with Gasteiger partial charge < -0.3 is 4.52 Å². The van der Waals surface area contributed by atoms with Gasteiger partial charge in [0.15, 0.2) is 0 Å². The Morgan fingerprint density at radius 1 is 0.944 bits per heavy atom. The number of halogens is 1. The first-order valence-corrected chi connectivity index (χ1v) is 11.5. The average molecular weight is 333 g/mol. The molecule has 0 saturated heterocycles. The molecule has 2 aromatic carbocycles. The van der Waals surface area contributed by atoms with Crippen molar-refractivity contribution in [2.24, 2.45) is 0 Å². The summed E-state index contributed by atoms with van der Waals surface area (Å²) < 4.78 is 3.66. The minimum Gasteiger partial charge on any atom is -0.447 e. The lowest BCUT2D eigenvalue weighted by Crippen LogP contribution is -1.84. The molecule has 0 aromatic heterocycles. The van der Waals surface area contributed by atoms with Crippen molar-refractivity contribution in [2.45, 2.75) is 4.90 Å². The maximum absolute atomic E-state index is 5.92. The molecule has 1 atom stereocenters. The lowest BCUT2D eigenvalue weighted by Gasteiger charge is -2.18. The number of para-hydroxylation sites is 1. The molecule has 0 spiro atoms. The Morgan fingerprint density at radius 3 is 2.06 bits per heavy atom. The van der Waals surface area contributed by atoms with E-state index in [-0.39, 0.29) is 0 Å². The van der Waals surface area contributed by atoms with Crippen LogP contribution in [0.25, 0.3) is 0 Å². The molecule has 1 unspecified atom stereocenters. The molecule has 0 bridgehead atoms. The molecule has 0 aliphatic heterocycles. The van der Waals surface area contributed by atoms with Gasteiger partial charge in [-0.3, -0.25) is 0 Å². The second-order valence-corrected chi connectivity index (χ2v) is 14.1. The van der Waals surface area contributed by atoms with E-state index >= 15 is 0 Å². The lowest BCUT2D eigenvalue weighted by atomic mass is 10.3. The predicted molar refractivity (Wildman–Crippen MR) is 87.1 cm³/mol. The number of hydrogen-bond acceptors (Lipinski definition) is 4. The van der Waals surface area contributed by atoms with E-state index in [1.54, 1.807) is 0 Å². The van der Waals surface area contributed by atoms with Crippen molar-refractivity contribution >= 4 is 49.1 Å². The highest BCUT2D eigenvalue weighted by Crippen LogP contribution is 2.73. The Morgan fingerprint density at radius 2 is 1.50 bits per heavy atom. The van der Waals surface area contributed by atoms with Crippen LogP contribution in [0.5, 0.6) is 5.75 Å². The first kappa shape index (κ1) is 14.3. The van der Waals surface area contributed by atoms with Gasteiger partial charge in [0.25, 0.3) is 0 Å². The molecule has 94 valence electrons. The smallest absolute Gasteiger partial charge is 0.241 e. The summed E-state index contributed by atoms with van der Waals surface area (Å²) in [5.41, 5.74) is 0. The van der Waals surface area contributed by atoms with E-state index in [1.165, 1.54) is 11.4 Å². The van der Waals surface area contributed by atoms with E-state index < -0.39 is 4.67 Å². The van der Waals surface area contributed by atoms with Gasteiger partial charge in [-0.15, -0.1) is 0 Å². The molecule has 2 aromatic rings. The van der Waals surface area contributed by atoms with Crippen LogP contribution in [0, 0.1) is 0 Å². The Bertz CT molecular complexity index is 490. The van der Waals surface area contributed by atoms with Crippen LogP contribution < -0.4 is 4.52 Å². The van der Waals surface area contributed by atoms with Crippen LogP contribution in [-0.2, 0) is 11.8 Å². The zero-order chi connectivity index (χ0) is 12.8. The van der Waals surface area contributed by atoms with Crippen molar-refractivity contribution < 1.29 is 4.52 Å². The quantitative estimate of drug-likeness (QED) is 0.623. The highest BCUT2D eigenvalue weighted by Gasteiger charge is 2.21. The third-order valence-electron chi connectivity index (χ3n) is 2.01. The summed E-state index contributed by atoms with van der Waals surface area (Å²) >= 11 is 7.07. The van der Waals surface area contributed by atoms with Crippen LogP contribution in [0.2, 0.25) is 0 Å². The highest BCUT2D eigenvalue weighted by molar-refractivity contribution is 9.03. The average Bonchev–Trinajstić information content (AvgIpc) is 2.41. The Hall–Kier alpha value is -0.120. The summed E-state index contributed by atoms with van der Waals surface area (Å²) in [6.07, 6.45) is 0. The molecular formula is C12H10ClOPS3. The molecule has 0 N–H and O–H groups in total. The molecule has 0 heterocycles. The van der Waals surface area contributed by atoms with E-state index in [2.05, 4.69) is 0 Å². The van der Waals surface area contributed by atoms with Crippen molar-refractivity contribution in [3.05, 3.63) is 60.7 Å². The normalized spacial score (nSPS) is 13.8. The molecule has 0 saturated carbocycles.